The summed E-state index contributed by atoms with van der Waals surface area (Å²) in [5, 5.41) is 8.55. The van der Waals surface area contributed by atoms with Crippen LogP contribution in [0.3, 0.4) is 0 Å². The minimum absolute atomic E-state index is 0.886. The molecule has 0 radical (unpaired) electrons. The lowest BCUT2D eigenvalue weighted by Crippen LogP contribution is -1.98. The van der Waals surface area contributed by atoms with Crippen LogP contribution in [-0.2, 0) is 6.54 Å². The lowest BCUT2D eigenvalue weighted by Gasteiger charge is -1.96. The highest BCUT2D eigenvalue weighted by atomic mass is 32.1. The van der Waals surface area contributed by atoms with Gasteiger partial charge in [0.1, 0.15) is 0 Å². The zero-order chi connectivity index (χ0) is 8.39. The van der Waals surface area contributed by atoms with Gasteiger partial charge in [-0.05, 0) is 35.4 Å². The van der Waals surface area contributed by atoms with Crippen molar-refractivity contribution in [3.05, 3.63) is 40.3 Å². The molecule has 0 unspecified atom stereocenters. The summed E-state index contributed by atoms with van der Waals surface area (Å²) in [6.07, 6.45) is 2.01. The molecular formula is C9H10N2S. The van der Waals surface area contributed by atoms with Gasteiger partial charge in [-0.15, -0.1) is 0 Å². The lowest BCUT2D eigenvalue weighted by molar-refractivity contribution is 0.681. The molecule has 3 heteroatoms. The van der Waals surface area contributed by atoms with Gasteiger partial charge in [0.05, 0.1) is 12.2 Å². The number of aromatic nitrogens is 2. The lowest BCUT2D eigenvalue weighted by atomic mass is 10.3. The van der Waals surface area contributed by atoms with E-state index in [1.807, 2.05) is 23.9 Å². The Hall–Kier alpha value is -1.09. The molecular weight excluding hydrogens is 168 g/mol. The zero-order valence-electron chi connectivity index (χ0n) is 6.90. The van der Waals surface area contributed by atoms with E-state index < -0.39 is 0 Å². The fourth-order valence-corrected chi connectivity index (χ4v) is 1.78. The monoisotopic (exact) mass is 178 g/mol. The molecule has 62 valence electrons. The number of thiophene rings is 1. The van der Waals surface area contributed by atoms with Gasteiger partial charge in [0.15, 0.2) is 0 Å². The zero-order valence-corrected chi connectivity index (χ0v) is 7.71. The maximum atomic E-state index is 4.31. The van der Waals surface area contributed by atoms with Crippen LogP contribution in [0.2, 0.25) is 0 Å². The highest BCUT2D eigenvalue weighted by molar-refractivity contribution is 7.07. The predicted molar refractivity (Wildman–Crippen MR) is 50.4 cm³/mol. The van der Waals surface area contributed by atoms with Crippen LogP contribution in [0.15, 0.2) is 29.1 Å². The molecule has 12 heavy (non-hydrogen) atoms. The van der Waals surface area contributed by atoms with Gasteiger partial charge in [0, 0.05) is 6.20 Å². The first kappa shape index (κ1) is 7.55. The molecule has 0 saturated heterocycles. The first-order valence-corrected chi connectivity index (χ1v) is 4.80. The van der Waals surface area contributed by atoms with Gasteiger partial charge < -0.3 is 0 Å². The van der Waals surface area contributed by atoms with Crippen molar-refractivity contribution in [2.45, 2.75) is 13.5 Å². The summed E-state index contributed by atoms with van der Waals surface area (Å²) in [6, 6.07) is 4.15. The fraction of sp³-hybridized carbons (Fsp3) is 0.222. The summed E-state index contributed by atoms with van der Waals surface area (Å²) in [5.41, 5.74) is 2.40. The van der Waals surface area contributed by atoms with Gasteiger partial charge in [-0.2, -0.15) is 16.4 Å². The molecule has 2 aromatic heterocycles. The number of nitrogens with zero attached hydrogens (tertiary/aromatic N) is 2. The molecule has 2 nitrogen and oxygen atoms in total. The molecule has 0 aliphatic heterocycles. The Balaban J connectivity index is 2.14. The molecule has 0 aliphatic carbocycles. The van der Waals surface area contributed by atoms with Crippen molar-refractivity contribution in [3.63, 3.8) is 0 Å². The standard InChI is InChI=1S/C9H10N2S/c1-8-2-4-11(10-8)6-9-3-5-12-7-9/h2-5,7H,6H2,1H3. The number of hydrogen-bond donors (Lipinski definition) is 0. The summed E-state index contributed by atoms with van der Waals surface area (Å²) >= 11 is 1.72. The SMILES string of the molecule is Cc1ccn(Cc2ccsc2)n1. The van der Waals surface area contributed by atoms with Crippen LogP contribution in [0.4, 0.5) is 0 Å². The highest BCUT2D eigenvalue weighted by Gasteiger charge is 1.95. The molecule has 2 heterocycles. The third-order valence-electron chi connectivity index (χ3n) is 1.70. The van der Waals surface area contributed by atoms with Crippen molar-refractivity contribution >= 4 is 11.3 Å². The molecule has 0 amide bonds. The van der Waals surface area contributed by atoms with Gasteiger partial charge in [0.25, 0.3) is 0 Å². The Labute approximate surface area is 75.5 Å². The molecule has 0 N–H and O–H groups in total. The van der Waals surface area contributed by atoms with Crippen molar-refractivity contribution in [1.82, 2.24) is 9.78 Å². The van der Waals surface area contributed by atoms with Crippen molar-refractivity contribution in [1.29, 1.82) is 0 Å². The highest BCUT2D eigenvalue weighted by Crippen LogP contribution is 2.07. The van der Waals surface area contributed by atoms with Crippen molar-refractivity contribution in [3.8, 4) is 0 Å². The Kier molecular flexibility index (Phi) is 1.96. The quantitative estimate of drug-likeness (QED) is 0.690. The molecule has 0 aliphatic rings. The van der Waals surface area contributed by atoms with E-state index >= 15 is 0 Å². The number of rotatable bonds is 2. The van der Waals surface area contributed by atoms with E-state index in [2.05, 4.69) is 21.9 Å². The van der Waals surface area contributed by atoms with Crippen molar-refractivity contribution < 1.29 is 0 Å². The minimum Gasteiger partial charge on any atom is -0.268 e. The van der Waals surface area contributed by atoms with Crippen LogP contribution in [0.1, 0.15) is 11.3 Å². The van der Waals surface area contributed by atoms with Crippen LogP contribution in [0.5, 0.6) is 0 Å². The van der Waals surface area contributed by atoms with Gasteiger partial charge >= 0.3 is 0 Å². The van der Waals surface area contributed by atoms with Gasteiger partial charge in [0.2, 0.25) is 0 Å². The average Bonchev–Trinajstić information content (AvgIpc) is 2.63. The van der Waals surface area contributed by atoms with Gasteiger partial charge in [-0.1, -0.05) is 0 Å². The van der Waals surface area contributed by atoms with Crippen LogP contribution in [0, 0.1) is 6.92 Å². The van der Waals surface area contributed by atoms with E-state index in [0.29, 0.717) is 0 Å². The average molecular weight is 178 g/mol. The van der Waals surface area contributed by atoms with E-state index in [-0.39, 0.29) is 0 Å². The van der Waals surface area contributed by atoms with E-state index in [9.17, 15) is 0 Å². The molecule has 0 saturated carbocycles. The van der Waals surface area contributed by atoms with Crippen LogP contribution >= 0.6 is 11.3 Å². The molecule has 0 atom stereocenters. The topological polar surface area (TPSA) is 17.8 Å². The second kappa shape index (κ2) is 3.11. The van der Waals surface area contributed by atoms with E-state index in [1.165, 1.54) is 5.56 Å². The first-order valence-electron chi connectivity index (χ1n) is 3.86. The fourth-order valence-electron chi connectivity index (χ4n) is 1.12. The van der Waals surface area contributed by atoms with E-state index in [1.54, 1.807) is 11.3 Å². The van der Waals surface area contributed by atoms with Crippen LogP contribution in [-0.4, -0.2) is 9.78 Å². The largest absolute Gasteiger partial charge is 0.268 e. The van der Waals surface area contributed by atoms with E-state index in [4.69, 9.17) is 0 Å². The Morgan fingerprint density at radius 2 is 2.42 bits per heavy atom. The number of hydrogen-bond acceptors (Lipinski definition) is 2. The summed E-state index contributed by atoms with van der Waals surface area (Å²) < 4.78 is 1.96. The van der Waals surface area contributed by atoms with Crippen molar-refractivity contribution in [2.75, 3.05) is 0 Å². The van der Waals surface area contributed by atoms with E-state index in [0.717, 1.165) is 12.2 Å². The molecule has 0 fully saturated rings. The molecule has 2 aromatic rings. The van der Waals surface area contributed by atoms with Crippen molar-refractivity contribution in [2.24, 2.45) is 0 Å². The predicted octanol–water partition coefficient (Wildman–Crippen LogP) is 2.30. The third kappa shape index (κ3) is 1.56. The molecule has 2 rings (SSSR count). The normalized spacial score (nSPS) is 10.4. The second-order valence-electron chi connectivity index (χ2n) is 2.79. The van der Waals surface area contributed by atoms with Crippen LogP contribution in [0.25, 0.3) is 0 Å². The minimum atomic E-state index is 0.886. The van der Waals surface area contributed by atoms with Crippen LogP contribution < -0.4 is 0 Å². The molecule has 0 aromatic carbocycles. The van der Waals surface area contributed by atoms with Gasteiger partial charge in [-0.3, -0.25) is 4.68 Å². The molecule has 0 bridgehead atoms. The molecule has 0 spiro atoms. The van der Waals surface area contributed by atoms with Gasteiger partial charge in [-0.25, -0.2) is 0 Å². The number of aryl methyl sites for hydroxylation is 1. The Bertz CT molecular complexity index is 348. The summed E-state index contributed by atoms with van der Waals surface area (Å²) in [7, 11) is 0. The first-order chi connectivity index (χ1) is 5.84. The third-order valence-corrected chi connectivity index (χ3v) is 2.43. The Morgan fingerprint density at radius 1 is 1.50 bits per heavy atom. The summed E-state index contributed by atoms with van der Waals surface area (Å²) in [5.74, 6) is 0. The smallest absolute Gasteiger partial charge is 0.0667 e. The summed E-state index contributed by atoms with van der Waals surface area (Å²) in [4.78, 5) is 0. The maximum absolute atomic E-state index is 4.31. The summed E-state index contributed by atoms with van der Waals surface area (Å²) in [6.45, 7) is 2.89. The maximum Gasteiger partial charge on any atom is 0.0667 e. The second-order valence-corrected chi connectivity index (χ2v) is 3.57. The Morgan fingerprint density at radius 3 is 3.00 bits per heavy atom.